The van der Waals surface area contributed by atoms with Gasteiger partial charge in [0.1, 0.15) is 0 Å². The molecular formula is C70H54N4. The number of rotatable bonds is 7. The van der Waals surface area contributed by atoms with Crippen LogP contribution in [0.2, 0.25) is 0 Å². The standard InChI is InChI=1S/C70H54N4/c1-41-10-20-56(45(5)30-41)49-14-26-67-62(35-49)63-36-50(57-21-11-42(2)31-46(57)6)15-27-68(63)73(67)54-18-24-60(53(34-54)40-71)61-25-19-55(39-66(61)72-9)74-69-28-16-51(58-22-12-43(3)32-47(58)7)37-64(69)65-38-52(17-29-70(65)74)59-23-13-44(4)33-48(59)8/h10-39H,1-8H3. The highest BCUT2D eigenvalue weighted by Crippen LogP contribution is 2.43. The molecule has 0 aliphatic rings. The van der Waals surface area contributed by atoms with Gasteiger partial charge >= 0.3 is 0 Å². The van der Waals surface area contributed by atoms with E-state index < -0.39 is 0 Å². The van der Waals surface area contributed by atoms with Crippen molar-refractivity contribution in [2.24, 2.45) is 0 Å². The third-order valence-electron chi connectivity index (χ3n) is 15.3. The van der Waals surface area contributed by atoms with Crippen LogP contribution >= 0.6 is 0 Å². The molecular weight excluding hydrogens is 897 g/mol. The van der Waals surface area contributed by atoms with E-state index in [0.29, 0.717) is 11.3 Å². The Kier molecular flexibility index (Phi) is 11.0. The Morgan fingerprint density at radius 2 is 0.649 bits per heavy atom. The number of aromatic nitrogens is 2. The Bertz CT molecular complexity index is 3920. The Labute approximate surface area is 433 Å². The summed E-state index contributed by atoms with van der Waals surface area (Å²) in [4.78, 5) is 4.16. The summed E-state index contributed by atoms with van der Waals surface area (Å²) in [5, 5.41) is 15.6. The first kappa shape index (κ1) is 45.9. The number of fused-ring (bicyclic) bond motifs is 6. The van der Waals surface area contributed by atoms with E-state index in [2.05, 4.69) is 233 Å². The van der Waals surface area contributed by atoms with Crippen LogP contribution in [0.15, 0.2) is 182 Å². The zero-order valence-electron chi connectivity index (χ0n) is 43.1. The van der Waals surface area contributed by atoms with Crippen molar-refractivity contribution in [2.75, 3.05) is 0 Å². The summed E-state index contributed by atoms with van der Waals surface area (Å²) in [5.41, 5.74) is 27.9. The molecule has 0 N–H and O–H groups in total. The van der Waals surface area contributed by atoms with Crippen molar-refractivity contribution < 1.29 is 0 Å². The molecule has 0 spiro atoms. The monoisotopic (exact) mass is 950 g/mol. The van der Waals surface area contributed by atoms with Crippen molar-refractivity contribution in [1.82, 2.24) is 9.13 Å². The van der Waals surface area contributed by atoms with Crippen LogP contribution in [-0.2, 0) is 0 Å². The smallest absolute Gasteiger partial charge is 0.197 e. The maximum atomic E-state index is 11.0. The van der Waals surface area contributed by atoms with E-state index >= 15 is 0 Å². The van der Waals surface area contributed by atoms with Crippen molar-refractivity contribution in [3.63, 3.8) is 0 Å². The van der Waals surface area contributed by atoms with Gasteiger partial charge in [-0.15, -0.1) is 0 Å². The van der Waals surface area contributed by atoms with Crippen LogP contribution in [0.3, 0.4) is 0 Å². The summed E-state index contributed by atoms with van der Waals surface area (Å²) >= 11 is 0. The van der Waals surface area contributed by atoms with Gasteiger partial charge < -0.3 is 9.13 Å². The first-order valence-corrected chi connectivity index (χ1v) is 25.4. The van der Waals surface area contributed by atoms with E-state index in [1.807, 2.05) is 24.3 Å². The molecule has 2 heterocycles. The molecule has 12 aromatic rings. The van der Waals surface area contributed by atoms with Crippen molar-refractivity contribution in [3.8, 4) is 73.1 Å². The van der Waals surface area contributed by atoms with E-state index in [9.17, 15) is 5.26 Å². The van der Waals surface area contributed by atoms with Crippen LogP contribution in [-0.4, -0.2) is 9.13 Å². The Balaban J connectivity index is 0.992. The molecule has 4 heteroatoms. The SMILES string of the molecule is [C-]#[N+]c1cc(-n2c3ccc(-c4ccc(C)cc4C)cc3c3cc(-c4ccc(C)cc4C)ccc32)ccc1-c1ccc(-n2c3ccc(-c4ccc(C)cc4C)cc3c3cc(-c4ccc(C)cc4C)ccc32)cc1C#N. The van der Waals surface area contributed by atoms with E-state index in [-0.39, 0.29) is 0 Å². The molecule has 0 unspecified atom stereocenters. The van der Waals surface area contributed by atoms with Crippen LogP contribution in [0, 0.1) is 73.3 Å². The molecule has 0 atom stereocenters. The van der Waals surface area contributed by atoms with E-state index in [1.165, 1.54) is 89.0 Å². The summed E-state index contributed by atoms with van der Waals surface area (Å²) in [7, 11) is 0. The fraction of sp³-hybridized carbons (Fsp3) is 0.114. The van der Waals surface area contributed by atoms with Gasteiger partial charge in [0.15, 0.2) is 5.69 Å². The predicted molar refractivity (Wildman–Crippen MR) is 311 cm³/mol. The predicted octanol–water partition coefficient (Wildman–Crippen LogP) is 19.1. The lowest BCUT2D eigenvalue weighted by molar-refractivity contribution is 1.17. The second-order valence-electron chi connectivity index (χ2n) is 20.5. The van der Waals surface area contributed by atoms with E-state index in [4.69, 9.17) is 6.57 Å². The molecule has 10 aromatic carbocycles. The van der Waals surface area contributed by atoms with Gasteiger partial charge in [-0.3, -0.25) is 0 Å². The molecule has 12 rings (SSSR count). The molecule has 0 saturated heterocycles. The Morgan fingerprint density at radius 1 is 0.338 bits per heavy atom. The lowest BCUT2D eigenvalue weighted by atomic mass is 9.95. The highest BCUT2D eigenvalue weighted by Gasteiger charge is 2.21. The highest BCUT2D eigenvalue weighted by atomic mass is 15.0. The van der Waals surface area contributed by atoms with Crippen LogP contribution in [0.25, 0.3) is 115 Å². The van der Waals surface area contributed by atoms with E-state index in [1.54, 1.807) is 0 Å². The Hall–Kier alpha value is -9.22. The third-order valence-corrected chi connectivity index (χ3v) is 15.3. The van der Waals surface area contributed by atoms with Gasteiger partial charge in [0.25, 0.3) is 0 Å². The molecule has 0 saturated carbocycles. The minimum atomic E-state index is 0.482. The average molecular weight is 951 g/mol. The summed E-state index contributed by atoms with van der Waals surface area (Å²) in [5.74, 6) is 0. The van der Waals surface area contributed by atoms with Crippen molar-refractivity contribution in [3.05, 3.63) is 243 Å². The molecule has 354 valence electrons. The van der Waals surface area contributed by atoms with Gasteiger partial charge in [-0.05, 0) is 206 Å². The van der Waals surface area contributed by atoms with Gasteiger partial charge in [0.2, 0.25) is 0 Å². The molecule has 0 aliphatic heterocycles. The fourth-order valence-electron chi connectivity index (χ4n) is 11.8. The van der Waals surface area contributed by atoms with Crippen molar-refractivity contribution in [2.45, 2.75) is 55.4 Å². The second kappa shape index (κ2) is 17.8. The summed E-state index contributed by atoms with van der Waals surface area (Å²) in [6.45, 7) is 25.9. The molecule has 0 radical (unpaired) electrons. The fourth-order valence-corrected chi connectivity index (χ4v) is 11.8. The average Bonchev–Trinajstić information content (AvgIpc) is 3.90. The van der Waals surface area contributed by atoms with Crippen LogP contribution in [0.5, 0.6) is 0 Å². The number of nitriles is 1. The lowest BCUT2D eigenvalue weighted by Crippen LogP contribution is -1.97. The van der Waals surface area contributed by atoms with Crippen LogP contribution in [0.4, 0.5) is 5.69 Å². The lowest BCUT2D eigenvalue weighted by Gasteiger charge is -2.15. The zero-order valence-corrected chi connectivity index (χ0v) is 43.1. The summed E-state index contributed by atoms with van der Waals surface area (Å²) in [6, 6.07) is 68.4. The van der Waals surface area contributed by atoms with Gasteiger partial charge in [0.05, 0.1) is 40.3 Å². The highest BCUT2D eigenvalue weighted by molar-refractivity contribution is 6.13. The normalized spacial score (nSPS) is 11.5. The number of benzene rings is 10. The number of hydrogen-bond acceptors (Lipinski definition) is 1. The van der Waals surface area contributed by atoms with Gasteiger partial charge in [-0.1, -0.05) is 131 Å². The number of aryl methyl sites for hydroxylation is 8. The molecule has 0 bridgehead atoms. The second-order valence-corrected chi connectivity index (χ2v) is 20.5. The first-order chi connectivity index (χ1) is 35.8. The van der Waals surface area contributed by atoms with Crippen LogP contribution < -0.4 is 0 Å². The molecule has 0 aliphatic carbocycles. The first-order valence-electron chi connectivity index (χ1n) is 25.4. The quantitative estimate of drug-likeness (QED) is 0.147. The van der Waals surface area contributed by atoms with Crippen molar-refractivity contribution >= 4 is 49.3 Å². The Morgan fingerprint density at radius 3 is 0.959 bits per heavy atom. The molecule has 0 fully saturated rings. The minimum absolute atomic E-state index is 0.482. The summed E-state index contributed by atoms with van der Waals surface area (Å²) in [6.07, 6.45) is 0. The number of hydrogen-bond donors (Lipinski definition) is 0. The maximum Gasteiger partial charge on any atom is 0.197 e. The minimum Gasteiger partial charge on any atom is -0.311 e. The molecule has 4 nitrogen and oxygen atoms in total. The molecule has 2 aromatic heterocycles. The topological polar surface area (TPSA) is 38.0 Å². The van der Waals surface area contributed by atoms with Gasteiger partial charge in [-0.25, -0.2) is 4.85 Å². The zero-order chi connectivity index (χ0) is 51.1. The largest absolute Gasteiger partial charge is 0.311 e. The van der Waals surface area contributed by atoms with Crippen molar-refractivity contribution in [1.29, 1.82) is 5.26 Å². The van der Waals surface area contributed by atoms with Gasteiger partial charge in [-0.2, -0.15) is 5.26 Å². The molecule has 0 amide bonds. The summed E-state index contributed by atoms with van der Waals surface area (Å²) < 4.78 is 4.57. The third kappa shape index (κ3) is 7.67. The van der Waals surface area contributed by atoms with E-state index in [0.717, 1.165) is 66.1 Å². The number of nitrogens with zero attached hydrogens (tertiary/aromatic N) is 4. The van der Waals surface area contributed by atoms with Crippen LogP contribution in [0.1, 0.15) is 50.1 Å². The maximum absolute atomic E-state index is 11.0. The molecule has 74 heavy (non-hydrogen) atoms. The van der Waals surface area contributed by atoms with Gasteiger partial charge in [0, 0.05) is 32.9 Å².